The molecule has 13 heavy (non-hydrogen) atoms. The molecule has 0 spiro atoms. The van der Waals surface area contributed by atoms with Crippen molar-refractivity contribution >= 4 is 34.7 Å². The molecule has 1 atom stereocenters. The number of hydrogen-bond acceptors (Lipinski definition) is 0. The van der Waals surface area contributed by atoms with Crippen LogP contribution in [0.5, 0.6) is 0 Å². The Balaban J connectivity index is -0.000000202. The average molecular weight is 211 g/mol. The number of unbranched alkanes of at least 4 members (excludes halogenated alkanes) is 3. The Kier molecular flexibility index (Phi) is 15.0. The van der Waals surface area contributed by atoms with E-state index in [9.17, 15) is 0 Å². The smallest absolute Gasteiger partial charge is 1.00 e. The molecule has 0 fully saturated rings. The minimum Gasteiger partial charge on any atom is -1.00 e. The zero-order chi connectivity index (χ0) is 9.23. The third-order valence-corrected chi connectivity index (χ3v) is 2.00. The van der Waals surface area contributed by atoms with Gasteiger partial charge < -0.3 is 2.85 Å². The SMILES string of the molecule is C=CC(C#CCl)CCCCCC.[H-].[H-].[Mg+2]. The van der Waals surface area contributed by atoms with E-state index in [-0.39, 0.29) is 25.9 Å². The molecule has 0 N–H and O–H groups in total. The molecule has 0 aromatic heterocycles. The van der Waals surface area contributed by atoms with Gasteiger partial charge in [0.05, 0.1) is 0 Å². The molecule has 2 heteroatoms. The quantitative estimate of drug-likeness (QED) is 0.271. The van der Waals surface area contributed by atoms with Gasteiger partial charge in [-0.1, -0.05) is 44.6 Å². The summed E-state index contributed by atoms with van der Waals surface area (Å²) in [6, 6.07) is 0. The molecular formula is C11H19ClMg. The first kappa shape index (κ1) is 15.8. The minimum absolute atomic E-state index is 0. The Hall–Kier alpha value is 0.356. The fraction of sp³-hybridized carbons (Fsp3) is 0.636. The van der Waals surface area contributed by atoms with Crippen molar-refractivity contribution in [2.24, 2.45) is 5.92 Å². The molecule has 0 aliphatic carbocycles. The molecule has 0 radical (unpaired) electrons. The Morgan fingerprint density at radius 2 is 2.15 bits per heavy atom. The summed E-state index contributed by atoms with van der Waals surface area (Å²) in [6.45, 7) is 5.93. The molecule has 1 unspecified atom stereocenters. The zero-order valence-electron chi connectivity index (χ0n) is 10.5. The summed E-state index contributed by atoms with van der Waals surface area (Å²) in [5.41, 5.74) is 0. The second-order valence-electron chi connectivity index (χ2n) is 2.93. The molecule has 0 saturated heterocycles. The Morgan fingerprint density at radius 3 is 2.62 bits per heavy atom. The molecule has 0 saturated carbocycles. The van der Waals surface area contributed by atoms with Crippen LogP contribution in [0.4, 0.5) is 0 Å². The van der Waals surface area contributed by atoms with E-state index in [1.807, 2.05) is 6.08 Å². The van der Waals surface area contributed by atoms with Gasteiger partial charge in [0.25, 0.3) is 0 Å². The van der Waals surface area contributed by atoms with Gasteiger partial charge in [0, 0.05) is 11.3 Å². The number of rotatable bonds is 6. The van der Waals surface area contributed by atoms with Gasteiger partial charge in [-0.3, -0.25) is 0 Å². The summed E-state index contributed by atoms with van der Waals surface area (Å²) in [5.74, 6) is 3.20. The number of allylic oxidation sites excluding steroid dienone is 1. The molecule has 0 aromatic carbocycles. The van der Waals surface area contributed by atoms with E-state index in [1.54, 1.807) is 0 Å². The van der Waals surface area contributed by atoms with Crippen LogP contribution in [0.1, 0.15) is 41.9 Å². The summed E-state index contributed by atoms with van der Waals surface area (Å²) in [6.07, 6.45) is 8.10. The van der Waals surface area contributed by atoms with Crippen molar-refractivity contribution in [3.63, 3.8) is 0 Å². The van der Waals surface area contributed by atoms with Gasteiger partial charge in [-0.2, -0.15) is 0 Å². The zero-order valence-corrected chi connectivity index (χ0v) is 10.7. The van der Waals surface area contributed by atoms with Crippen LogP contribution in [-0.2, 0) is 0 Å². The second kappa shape index (κ2) is 12.4. The average Bonchev–Trinajstić information content (AvgIpc) is 2.10. The third kappa shape index (κ3) is 10.3. The summed E-state index contributed by atoms with van der Waals surface area (Å²) in [4.78, 5) is 0. The monoisotopic (exact) mass is 210 g/mol. The van der Waals surface area contributed by atoms with E-state index in [4.69, 9.17) is 11.6 Å². The van der Waals surface area contributed by atoms with Crippen LogP contribution in [0.15, 0.2) is 12.7 Å². The Labute approximate surface area is 106 Å². The first-order valence-corrected chi connectivity index (χ1v) is 4.96. The molecule has 0 aliphatic heterocycles. The van der Waals surface area contributed by atoms with Crippen molar-refractivity contribution in [2.45, 2.75) is 39.0 Å². The van der Waals surface area contributed by atoms with Crippen LogP contribution in [0.25, 0.3) is 0 Å². The van der Waals surface area contributed by atoms with Crippen molar-refractivity contribution in [3.8, 4) is 11.3 Å². The molecule has 0 rings (SSSR count). The molecule has 0 nitrogen and oxygen atoms in total. The van der Waals surface area contributed by atoms with Crippen molar-refractivity contribution in [2.75, 3.05) is 0 Å². The summed E-state index contributed by atoms with van der Waals surface area (Å²) < 4.78 is 0. The van der Waals surface area contributed by atoms with Crippen LogP contribution < -0.4 is 0 Å². The fourth-order valence-electron chi connectivity index (χ4n) is 1.11. The Morgan fingerprint density at radius 1 is 1.46 bits per heavy atom. The second-order valence-corrected chi connectivity index (χ2v) is 3.12. The van der Waals surface area contributed by atoms with Crippen LogP contribution in [0, 0.1) is 17.2 Å². The number of halogens is 1. The van der Waals surface area contributed by atoms with E-state index in [0.717, 1.165) is 6.42 Å². The van der Waals surface area contributed by atoms with E-state index in [2.05, 4.69) is 24.8 Å². The standard InChI is InChI=1S/C11H17Cl.Mg.2H/c1-3-5-6-7-8-11(4-2)9-10-12;;;/h4,11H,2-3,5-8H2,1H3;;;/q;+2;2*-1. The van der Waals surface area contributed by atoms with E-state index in [1.165, 1.54) is 25.7 Å². The summed E-state index contributed by atoms with van der Waals surface area (Å²) in [7, 11) is 0. The van der Waals surface area contributed by atoms with Gasteiger partial charge in [-0.05, 0) is 18.0 Å². The van der Waals surface area contributed by atoms with Crippen molar-refractivity contribution < 1.29 is 2.85 Å². The van der Waals surface area contributed by atoms with Crippen LogP contribution in [-0.4, -0.2) is 23.1 Å². The largest absolute Gasteiger partial charge is 2.00 e. The summed E-state index contributed by atoms with van der Waals surface area (Å²) in [5, 5.41) is 2.41. The van der Waals surface area contributed by atoms with Gasteiger partial charge in [0.1, 0.15) is 0 Å². The molecule has 0 bridgehead atoms. The Bertz CT molecular complexity index is 175. The van der Waals surface area contributed by atoms with Gasteiger partial charge in [-0.25, -0.2) is 0 Å². The maximum Gasteiger partial charge on any atom is 2.00 e. The van der Waals surface area contributed by atoms with E-state index >= 15 is 0 Å². The van der Waals surface area contributed by atoms with Gasteiger partial charge in [-0.15, -0.1) is 6.58 Å². The number of hydrogen-bond donors (Lipinski definition) is 0. The maximum atomic E-state index is 5.31. The van der Waals surface area contributed by atoms with Crippen LogP contribution >= 0.6 is 11.6 Å². The molecule has 72 valence electrons. The maximum absolute atomic E-state index is 5.31. The fourth-order valence-corrected chi connectivity index (χ4v) is 1.25. The van der Waals surface area contributed by atoms with Crippen molar-refractivity contribution in [1.82, 2.24) is 0 Å². The summed E-state index contributed by atoms with van der Waals surface area (Å²) >= 11 is 5.31. The molecule has 0 aromatic rings. The minimum atomic E-state index is 0. The van der Waals surface area contributed by atoms with Crippen LogP contribution in [0.2, 0.25) is 0 Å². The van der Waals surface area contributed by atoms with E-state index < -0.39 is 0 Å². The predicted molar refractivity (Wildman–Crippen MR) is 64.1 cm³/mol. The normalized spacial score (nSPS) is 10.6. The molecule has 0 aliphatic rings. The van der Waals surface area contributed by atoms with Gasteiger partial charge >= 0.3 is 23.1 Å². The van der Waals surface area contributed by atoms with Crippen molar-refractivity contribution in [3.05, 3.63) is 12.7 Å². The molecule has 0 amide bonds. The first-order chi connectivity index (χ1) is 5.85. The third-order valence-electron chi connectivity index (χ3n) is 1.89. The topological polar surface area (TPSA) is 0 Å². The molecule has 0 heterocycles. The van der Waals surface area contributed by atoms with Gasteiger partial charge in [0.2, 0.25) is 0 Å². The molecular weight excluding hydrogens is 192 g/mol. The van der Waals surface area contributed by atoms with Crippen LogP contribution in [0.3, 0.4) is 0 Å². The van der Waals surface area contributed by atoms with Crippen molar-refractivity contribution in [1.29, 1.82) is 0 Å². The first-order valence-electron chi connectivity index (χ1n) is 4.58. The predicted octanol–water partition coefficient (Wildman–Crippen LogP) is 3.80. The van der Waals surface area contributed by atoms with Gasteiger partial charge in [0.15, 0.2) is 0 Å². The van der Waals surface area contributed by atoms with E-state index in [0.29, 0.717) is 5.92 Å².